The lowest BCUT2D eigenvalue weighted by Gasteiger charge is -2.04. The molecule has 0 heterocycles. The van der Waals surface area contributed by atoms with Crippen molar-refractivity contribution in [3.63, 3.8) is 0 Å². The maximum atomic E-state index is 11.3. The second-order valence-electron chi connectivity index (χ2n) is 3.94. The molecule has 0 unspecified atom stereocenters. The fourth-order valence-electron chi connectivity index (χ4n) is 1.74. The van der Waals surface area contributed by atoms with Crippen molar-refractivity contribution in [3.05, 3.63) is 59.7 Å². The molecule has 100 valence electrons. The molecule has 0 atom stereocenters. The Morgan fingerprint density at radius 1 is 0.947 bits per heavy atom. The molecule has 2 aromatic rings. The molecule has 2 aromatic carbocycles. The van der Waals surface area contributed by atoms with Crippen LogP contribution in [0, 0.1) is 6.92 Å². The molecule has 0 radical (unpaired) electrons. The Morgan fingerprint density at radius 3 is 2.11 bits per heavy atom. The highest BCUT2D eigenvalue weighted by atomic mass is 16.5. The zero-order valence-electron chi connectivity index (χ0n) is 11.9. The summed E-state index contributed by atoms with van der Waals surface area (Å²) in [6, 6.07) is 15.7. The standard InChI is InChI=1S/C15H14O2.C2H6/c1-11-4-3-5-14(10-11)12-6-8-13(9-7-12)15(16)17-2;1-2/h3-10H,1-2H3;1-2H3. The summed E-state index contributed by atoms with van der Waals surface area (Å²) in [7, 11) is 1.39. The van der Waals surface area contributed by atoms with E-state index in [0.29, 0.717) is 5.56 Å². The molecular formula is C17H20O2. The summed E-state index contributed by atoms with van der Waals surface area (Å²) in [4.78, 5) is 11.3. The fraction of sp³-hybridized carbons (Fsp3) is 0.235. The van der Waals surface area contributed by atoms with Crippen LogP contribution in [-0.4, -0.2) is 13.1 Å². The van der Waals surface area contributed by atoms with Crippen LogP contribution in [0.15, 0.2) is 48.5 Å². The fourth-order valence-corrected chi connectivity index (χ4v) is 1.74. The van der Waals surface area contributed by atoms with E-state index in [1.165, 1.54) is 12.7 Å². The van der Waals surface area contributed by atoms with Gasteiger partial charge in [0.25, 0.3) is 0 Å². The van der Waals surface area contributed by atoms with Gasteiger partial charge in [0.15, 0.2) is 0 Å². The molecule has 0 aliphatic heterocycles. The van der Waals surface area contributed by atoms with Crippen LogP contribution in [0.5, 0.6) is 0 Å². The van der Waals surface area contributed by atoms with Crippen molar-refractivity contribution in [3.8, 4) is 11.1 Å². The van der Waals surface area contributed by atoms with Crippen LogP contribution in [0.25, 0.3) is 11.1 Å². The zero-order chi connectivity index (χ0) is 14.3. The Bertz CT molecular complexity index is 527. The minimum Gasteiger partial charge on any atom is -0.465 e. The molecule has 0 spiro atoms. The lowest BCUT2D eigenvalue weighted by Crippen LogP contribution is -2.00. The maximum absolute atomic E-state index is 11.3. The zero-order valence-corrected chi connectivity index (χ0v) is 11.9. The van der Waals surface area contributed by atoms with Crippen molar-refractivity contribution in [2.45, 2.75) is 20.8 Å². The molecule has 2 heteroatoms. The Hall–Kier alpha value is -2.09. The second-order valence-corrected chi connectivity index (χ2v) is 3.94. The van der Waals surface area contributed by atoms with Crippen molar-refractivity contribution in [2.75, 3.05) is 7.11 Å². The number of methoxy groups -OCH3 is 1. The molecule has 0 amide bonds. The number of esters is 1. The molecule has 0 aromatic heterocycles. The minimum atomic E-state index is -0.305. The molecular weight excluding hydrogens is 236 g/mol. The van der Waals surface area contributed by atoms with Crippen LogP contribution in [0.2, 0.25) is 0 Å². The van der Waals surface area contributed by atoms with E-state index in [-0.39, 0.29) is 5.97 Å². The van der Waals surface area contributed by atoms with E-state index in [1.807, 2.05) is 32.0 Å². The molecule has 0 fully saturated rings. The summed E-state index contributed by atoms with van der Waals surface area (Å²) >= 11 is 0. The SMILES string of the molecule is CC.COC(=O)c1ccc(-c2cccc(C)c2)cc1. The van der Waals surface area contributed by atoms with E-state index >= 15 is 0 Å². The lowest BCUT2D eigenvalue weighted by atomic mass is 10.0. The highest BCUT2D eigenvalue weighted by Crippen LogP contribution is 2.20. The second kappa shape index (κ2) is 7.37. The van der Waals surface area contributed by atoms with Gasteiger partial charge in [0.1, 0.15) is 0 Å². The van der Waals surface area contributed by atoms with Crippen molar-refractivity contribution in [1.82, 2.24) is 0 Å². The van der Waals surface area contributed by atoms with Gasteiger partial charge < -0.3 is 4.74 Å². The predicted octanol–water partition coefficient (Wildman–Crippen LogP) is 4.47. The van der Waals surface area contributed by atoms with E-state index in [0.717, 1.165) is 11.1 Å². The number of benzene rings is 2. The van der Waals surface area contributed by atoms with Gasteiger partial charge in [0, 0.05) is 0 Å². The van der Waals surface area contributed by atoms with Crippen LogP contribution in [0.3, 0.4) is 0 Å². The van der Waals surface area contributed by atoms with Gasteiger partial charge >= 0.3 is 5.97 Å². The first-order chi connectivity index (χ1) is 9.20. The summed E-state index contributed by atoms with van der Waals surface area (Å²) in [5, 5.41) is 0. The number of hydrogen-bond donors (Lipinski definition) is 0. The third-order valence-electron chi connectivity index (χ3n) is 2.66. The first kappa shape index (κ1) is 15.0. The first-order valence-electron chi connectivity index (χ1n) is 6.46. The average molecular weight is 256 g/mol. The molecule has 2 rings (SSSR count). The Kier molecular flexibility index (Phi) is 5.80. The van der Waals surface area contributed by atoms with Gasteiger partial charge in [-0.3, -0.25) is 0 Å². The van der Waals surface area contributed by atoms with Crippen molar-refractivity contribution >= 4 is 5.97 Å². The molecule has 0 bridgehead atoms. The summed E-state index contributed by atoms with van der Waals surface area (Å²) in [5.41, 5.74) is 4.05. The summed E-state index contributed by atoms with van der Waals surface area (Å²) < 4.78 is 4.66. The molecule has 19 heavy (non-hydrogen) atoms. The number of carbonyl (C=O) groups excluding carboxylic acids is 1. The predicted molar refractivity (Wildman–Crippen MR) is 79.3 cm³/mol. The maximum Gasteiger partial charge on any atom is 0.337 e. The number of rotatable bonds is 2. The number of hydrogen-bond acceptors (Lipinski definition) is 2. The Morgan fingerprint density at radius 2 is 1.58 bits per heavy atom. The van der Waals surface area contributed by atoms with Gasteiger partial charge in [-0.05, 0) is 30.2 Å². The Balaban J connectivity index is 0.000000861. The third kappa shape index (κ3) is 3.95. The third-order valence-corrected chi connectivity index (χ3v) is 2.66. The van der Waals surface area contributed by atoms with E-state index in [2.05, 4.69) is 29.9 Å². The smallest absolute Gasteiger partial charge is 0.337 e. The van der Waals surface area contributed by atoms with Gasteiger partial charge in [-0.15, -0.1) is 0 Å². The van der Waals surface area contributed by atoms with Gasteiger partial charge in [-0.25, -0.2) is 4.79 Å². The molecule has 0 N–H and O–H groups in total. The highest BCUT2D eigenvalue weighted by molar-refractivity contribution is 5.89. The normalized spacial score (nSPS) is 9.26. The highest BCUT2D eigenvalue weighted by Gasteiger charge is 2.04. The van der Waals surface area contributed by atoms with Crippen molar-refractivity contribution in [2.24, 2.45) is 0 Å². The minimum absolute atomic E-state index is 0.305. The quantitative estimate of drug-likeness (QED) is 0.741. The molecule has 2 nitrogen and oxygen atoms in total. The number of carbonyl (C=O) groups is 1. The van der Waals surface area contributed by atoms with Crippen LogP contribution in [-0.2, 0) is 4.74 Å². The lowest BCUT2D eigenvalue weighted by molar-refractivity contribution is 0.0601. The van der Waals surface area contributed by atoms with Gasteiger partial charge in [0.05, 0.1) is 12.7 Å². The van der Waals surface area contributed by atoms with E-state index in [4.69, 9.17) is 0 Å². The van der Waals surface area contributed by atoms with Crippen molar-refractivity contribution < 1.29 is 9.53 Å². The summed E-state index contributed by atoms with van der Waals surface area (Å²) in [5.74, 6) is -0.305. The monoisotopic (exact) mass is 256 g/mol. The van der Waals surface area contributed by atoms with E-state index in [1.54, 1.807) is 12.1 Å². The van der Waals surface area contributed by atoms with E-state index < -0.39 is 0 Å². The van der Waals surface area contributed by atoms with Gasteiger partial charge in [-0.2, -0.15) is 0 Å². The van der Waals surface area contributed by atoms with Gasteiger partial charge in [-0.1, -0.05) is 55.8 Å². The summed E-state index contributed by atoms with van der Waals surface area (Å²) in [6.07, 6.45) is 0. The number of aryl methyl sites for hydroxylation is 1. The van der Waals surface area contributed by atoms with Gasteiger partial charge in [0.2, 0.25) is 0 Å². The largest absolute Gasteiger partial charge is 0.465 e. The molecule has 0 aliphatic rings. The Labute approximate surface area is 115 Å². The number of ether oxygens (including phenoxy) is 1. The first-order valence-corrected chi connectivity index (χ1v) is 6.46. The molecule has 0 saturated carbocycles. The van der Waals surface area contributed by atoms with E-state index in [9.17, 15) is 4.79 Å². The van der Waals surface area contributed by atoms with Crippen LogP contribution in [0.4, 0.5) is 0 Å². The average Bonchev–Trinajstić information content (AvgIpc) is 2.48. The molecule has 0 saturated heterocycles. The van der Waals surface area contributed by atoms with Crippen LogP contribution < -0.4 is 0 Å². The van der Waals surface area contributed by atoms with Crippen molar-refractivity contribution in [1.29, 1.82) is 0 Å². The van der Waals surface area contributed by atoms with Crippen LogP contribution >= 0.6 is 0 Å². The summed E-state index contributed by atoms with van der Waals surface area (Å²) in [6.45, 7) is 6.06. The van der Waals surface area contributed by atoms with Crippen LogP contribution in [0.1, 0.15) is 29.8 Å². The topological polar surface area (TPSA) is 26.3 Å². The molecule has 0 aliphatic carbocycles.